The monoisotopic (exact) mass is 380 g/mol. The molecule has 0 heterocycles. The second kappa shape index (κ2) is 15.0. The van der Waals surface area contributed by atoms with Crippen LogP contribution in [0.4, 0.5) is 0 Å². The fraction of sp³-hybridized carbons (Fsp3) is 0.647. The summed E-state index contributed by atoms with van der Waals surface area (Å²) in [5, 5.41) is 76.7. The molecule has 0 saturated carbocycles. The molecule has 0 aromatic heterocycles. The second-order valence-corrected chi connectivity index (χ2v) is 5.69. The zero-order valence-corrected chi connectivity index (χ0v) is 14.9. The average molecular weight is 380 g/mol. The maximum atomic E-state index is 9.35. The maximum absolute atomic E-state index is 9.35. The molecule has 0 atom stereocenters. The van der Waals surface area contributed by atoms with Crippen LogP contribution < -0.4 is 0 Å². The molecule has 0 unspecified atom stereocenters. The summed E-state index contributed by atoms with van der Waals surface area (Å²) in [7, 11) is 0. The first-order valence-corrected chi connectivity index (χ1v) is 8.05. The Morgan fingerprint density at radius 2 is 1.15 bits per heavy atom. The van der Waals surface area contributed by atoms with Gasteiger partial charge in [0.15, 0.2) is 5.79 Å². The second-order valence-electron chi connectivity index (χ2n) is 5.69. The van der Waals surface area contributed by atoms with E-state index in [9.17, 15) is 10.2 Å². The first kappa shape index (κ1) is 27.1. The van der Waals surface area contributed by atoms with Gasteiger partial charge in [0.1, 0.15) is 6.10 Å². The zero-order chi connectivity index (χ0) is 20.6. The van der Waals surface area contributed by atoms with Crippen molar-refractivity contribution in [1.29, 1.82) is 0 Å². The Hall–Kier alpha value is -1.14. The normalized spacial score (nSPS) is 11.3. The van der Waals surface area contributed by atoms with E-state index in [0.29, 0.717) is 12.0 Å². The summed E-state index contributed by atoms with van der Waals surface area (Å²) in [6.45, 7) is -0.625. The smallest absolute Gasteiger partial charge is 0.189 e. The number of hydrogen-bond acceptors (Lipinski definition) is 9. The molecule has 0 fully saturated rings. The standard InChI is InChI=1S/C9H12O2.C5H12O4.C3H8O3/c1-2-9(10,11)8-6-4-3-5-7-8;6-1-5(2-7,3-8)4-9;4-1-3(6)2-5/h3-7,10-11H,2H2,1H3;6-9H,1-4H2;3-6H,1-2H2. The van der Waals surface area contributed by atoms with Crippen LogP contribution >= 0.6 is 0 Å². The summed E-state index contributed by atoms with van der Waals surface area (Å²) in [5.41, 5.74) is -0.567. The number of benzene rings is 1. The van der Waals surface area contributed by atoms with Crippen molar-refractivity contribution in [2.24, 2.45) is 5.41 Å². The van der Waals surface area contributed by atoms with Gasteiger partial charge in [0.05, 0.1) is 45.1 Å². The van der Waals surface area contributed by atoms with Gasteiger partial charge >= 0.3 is 0 Å². The molecule has 9 nitrogen and oxygen atoms in total. The molecule has 1 aromatic carbocycles. The quantitative estimate of drug-likeness (QED) is 0.220. The first-order valence-electron chi connectivity index (χ1n) is 8.05. The van der Waals surface area contributed by atoms with Crippen LogP contribution in [0.15, 0.2) is 30.3 Å². The van der Waals surface area contributed by atoms with Crippen molar-refractivity contribution in [2.75, 3.05) is 39.6 Å². The highest BCUT2D eigenvalue weighted by Crippen LogP contribution is 2.20. The molecule has 0 saturated heterocycles. The van der Waals surface area contributed by atoms with E-state index in [1.807, 2.05) is 6.07 Å². The third-order valence-corrected chi connectivity index (χ3v) is 3.49. The molecule has 0 radical (unpaired) electrons. The van der Waals surface area contributed by atoms with E-state index in [1.165, 1.54) is 0 Å². The van der Waals surface area contributed by atoms with Crippen LogP contribution in [-0.4, -0.2) is 91.7 Å². The molecule has 0 aliphatic rings. The van der Waals surface area contributed by atoms with E-state index >= 15 is 0 Å². The first-order chi connectivity index (χ1) is 12.2. The minimum atomic E-state index is -1.67. The number of hydrogen-bond donors (Lipinski definition) is 9. The van der Waals surface area contributed by atoms with Gasteiger partial charge in [-0.25, -0.2) is 0 Å². The SMILES string of the molecule is CCC(O)(O)c1ccccc1.OCC(CO)(CO)CO.OCC(O)CO. The molecule has 154 valence electrons. The van der Waals surface area contributed by atoms with Crippen LogP contribution in [0.25, 0.3) is 0 Å². The van der Waals surface area contributed by atoms with Crippen LogP contribution in [0.3, 0.4) is 0 Å². The van der Waals surface area contributed by atoms with Crippen molar-refractivity contribution in [1.82, 2.24) is 0 Å². The Balaban J connectivity index is 0. The van der Waals surface area contributed by atoms with E-state index in [4.69, 9.17) is 35.7 Å². The van der Waals surface area contributed by atoms with Gasteiger partial charge in [-0.05, 0) is 0 Å². The van der Waals surface area contributed by atoms with Gasteiger partial charge in [-0.3, -0.25) is 0 Å². The molecule has 1 rings (SSSR count). The molecule has 0 amide bonds. The average Bonchev–Trinajstić information content (AvgIpc) is 2.71. The fourth-order valence-corrected chi connectivity index (χ4v) is 1.27. The molecule has 9 heteroatoms. The van der Waals surface area contributed by atoms with Crippen LogP contribution in [0.2, 0.25) is 0 Å². The number of aliphatic hydroxyl groups is 9. The van der Waals surface area contributed by atoms with Gasteiger partial charge in [-0.15, -0.1) is 0 Å². The molecular weight excluding hydrogens is 348 g/mol. The van der Waals surface area contributed by atoms with Gasteiger partial charge in [0, 0.05) is 12.0 Å². The van der Waals surface area contributed by atoms with Gasteiger partial charge in [-0.2, -0.15) is 0 Å². The molecule has 0 aliphatic heterocycles. The lowest BCUT2D eigenvalue weighted by Gasteiger charge is -2.23. The number of aliphatic hydroxyl groups excluding tert-OH is 7. The fourth-order valence-electron chi connectivity index (χ4n) is 1.27. The zero-order valence-electron chi connectivity index (χ0n) is 14.9. The highest BCUT2D eigenvalue weighted by molar-refractivity contribution is 5.19. The van der Waals surface area contributed by atoms with Crippen molar-refractivity contribution in [3.8, 4) is 0 Å². The van der Waals surface area contributed by atoms with E-state index in [1.54, 1.807) is 31.2 Å². The summed E-state index contributed by atoms with van der Waals surface area (Å²) >= 11 is 0. The van der Waals surface area contributed by atoms with Crippen LogP contribution in [0, 0.1) is 5.41 Å². The van der Waals surface area contributed by atoms with Crippen molar-refractivity contribution in [3.63, 3.8) is 0 Å². The molecule has 0 bridgehead atoms. The Morgan fingerprint density at radius 1 is 0.769 bits per heavy atom. The molecule has 9 N–H and O–H groups in total. The Kier molecular flexibility index (Phi) is 15.6. The van der Waals surface area contributed by atoms with Gasteiger partial charge in [-0.1, -0.05) is 37.3 Å². The topological polar surface area (TPSA) is 182 Å². The summed E-state index contributed by atoms with van der Waals surface area (Å²) in [4.78, 5) is 0. The highest BCUT2D eigenvalue weighted by atomic mass is 16.5. The lowest BCUT2D eigenvalue weighted by atomic mass is 9.93. The largest absolute Gasteiger partial charge is 0.396 e. The van der Waals surface area contributed by atoms with Gasteiger partial charge in [0.2, 0.25) is 0 Å². The molecule has 26 heavy (non-hydrogen) atoms. The Bertz CT molecular complexity index is 400. The Labute approximate surface area is 153 Å². The maximum Gasteiger partial charge on any atom is 0.189 e. The van der Waals surface area contributed by atoms with E-state index in [2.05, 4.69) is 0 Å². The van der Waals surface area contributed by atoms with Crippen LogP contribution in [0.5, 0.6) is 0 Å². The van der Waals surface area contributed by atoms with E-state index in [0.717, 1.165) is 0 Å². The van der Waals surface area contributed by atoms with Gasteiger partial charge < -0.3 is 46.0 Å². The molecule has 0 aliphatic carbocycles. The van der Waals surface area contributed by atoms with E-state index < -0.39 is 43.7 Å². The molecular formula is C17H32O9. The van der Waals surface area contributed by atoms with Crippen LogP contribution in [-0.2, 0) is 5.79 Å². The summed E-state index contributed by atoms with van der Waals surface area (Å²) < 4.78 is 0. The Morgan fingerprint density at radius 3 is 1.35 bits per heavy atom. The summed E-state index contributed by atoms with van der Waals surface area (Å²) in [5.74, 6) is -1.67. The van der Waals surface area contributed by atoms with Crippen molar-refractivity contribution < 1.29 is 46.0 Å². The highest BCUT2D eigenvalue weighted by Gasteiger charge is 2.26. The minimum absolute atomic E-state index is 0.303. The lowest BCUT2D eigenvalue weighted by molar-refractivity contribution is -0.171. The predicted octanol–water partition coefficient (Wildman–Crippen LogP) is -2.49. The molecule has 0 spiro atoms. The number of rotatable bonds is 8. The van der Waals surface area contributed by atoms with Crippen LogP contribution in [0.1, 0.15) is 18.9 Å². The summed E-state index contributed by atoms with van der Waals surface area (Å²) in [6, 6.07) is 8.81. The van der Waals surface area contributed by atoms with Crippen molar-refractivity contribution >= 4 is 0 Å². The summed E-state index contributed by atoms with van der Waals surface area (Å²) in [6.07, 6.45) is -0.651. The van der Waals surface area contributed by atoms with Crippen molar-refractivity contribution in [2.45, 2.75) is 25.2 Å². The lowest BCUT2D eigenvalue weighted by Crippen LogP contribution is -2.37. The minimum Gasteiger partial charge on any atom is -0.396 e. The van der Waals surface area contributed by atoms with E-state index in [-0.39, 0.29) is 13.2 Å². The third kappa shape index (κ3) is 10.8. The predicted molar refractivity (Wildman–Crippen MR) is 93.8 cm³/mol. The van der Waals surface area contributed by atoms with Gasteiger partial charge in [0.25, 0.3) is 0 Å². The third-order valence-electron chi connectivity index (χ3n) is 3.49. The molecule has 1 aromatic rings. The van der Waals surface area contributed by atoms with Crippen molar-refractivity contribution in [3.05, 3.63) is 35.9 Å².